The molecule has 0 saturated carbocycles. The molecule has 0 spiro atoms. The normalized spacial score (nSPS) is 15.0. The maximum Gasteiger partial charge on any atom is 0.240 e. The van der Waals surface area contributed by atoms with Crippen LogP contribution < -0.4 is 10.2 Å². The van der Waals surface area contributed by atoms with Gasteiger partial charge in [0, 0.05) is 37.9 Å². The third-order valence-electron chi connectivity index (χ3n) is 4.46. The first-order valence-electron chi connectivity index (χ1n) is 8.26. The van der Waals surface area contributed by atoms with Crippen LogP contribution in [0.5, 0.6) is 0 Å². The number of nitrogens with zero attached hydrogens (tertiary/aromatic N) is 4. The fourth-order valence-electron chi connectivity index (χ4n) is 2.89. The van der Waals surface area contributed by atoms with E-state index in [2.05, 4.69) is 26.2 Å². The Morgan fingerprint density at radius 3 is 2.72 bits per heavy atom. The summed E-state index contributed by atoms with van der Waals surface area (Å²) in [5, 5.41) is 11.9. The van der Waals surface area contributed by atoms with E-state index in [4.69, 9.17) is 4.42 Å². The standard InChI is InChI=1S/C18H21N5O2/c1-13-14(2)25-18(15(13)11-19)21-17(24)12-22-7-9-23(10-8-22)16-5-3-4-6-20-16/h3-6H,7-10,12H2,1-2H3,(H,21,24). The molecule has 7 nitrogen and oxygen atoms in total. The summed E-state index contributed by atoms with van der Waals surface area (Å²) in [5.74, 6) is 1.69. The average Bonchev–Trinajstić information content (AvgIpc) is 2.89. The Labute approximate surface area is 146 Å². The van der Waals surface area contributed by atoms with E-state index in [1.54, 1.807) is 13.1 Å². The Morgan fingerprint density at radius 1 is 1.32 bits per heavy atom. The number of aryl methyl sites for hydroxylation is 1. The third-order valence-corrected chi connectivity index (χ3v) is 4.46. The topological polar surface area (TPSA) is 85.4 Å². The third kappa shape index (κ3) is 3.80. The molecule has 1 amide bonds. The van der Waals surface area contributed by atoms with Gasteiger partial charge in [0.2, 0.25) is 11.8 Å². The minimum atomic E-state index is -0.170. The van der Waals surface area contributed by atoms with Crippen molar-refractivity contribution in [2.75, 3.05) is 42.9 Å². The molecule has 25 heavy (non-hydrogen) atoms. The molecule has 1 aliphatic rings. The van der Waals surface area contributed by atoms with Crippen molar-refractivity contribution >= 4 is 17.6 Å². The lowest BCUT2D eigenvalue weighted by molar-refractivity contribution is -0.117. The number of hydrogen-bond acceptors (Lipinski definition) is 6. The fourth-order valence-corrected chi connectivity index (χ4v) is 2.89. The molecule has 1 saturated heterocycles. The number of nitrogens with one attached hydrogen (secondary N) is 1. The van der Waals surface area contributed by atoms with Gasteiger partial charge in [-0.3, -0.25) is 15.0 Å². The minimum Gasteiger partial charge on any atom is -0.444 e. The summed E-state index contributed by atoms with van der Waals surface area (Å²) in [7, 11) is 0. The van der Waals surface area contributed by atoms with Crippen molar-refractivity contribution in [3.63, 3.8) is 0 Å². The molecule has 3 rings (SSSR count). The van der Waals surface area contributed by atoms with Crippen LogP contribution in [0.2, 0.25) is 0 Å². The highest BCUT2D eigenvalue weighted by atomic mass is 16.4. The summed E-state index contributed by atoms with van der Waals surface area (Å²) in [4.78, 5) is 20.9. The van der Waals surface area contributed by atoms with Crippen LogP contribution in [0.15, 0.2) is 28.8 Å². The van der Waals surface area contributed by atoms with E-state index in [1.807, 2.05) is 25.1 Å². The fraction of sp³-hybridized carbons (Fsp3) is 0.389. The molecule has 7 heteroatoms. The number of hydrogen-bond donors (Lipinski definition) is 1. The van der Waals surface area contributed by atoms with Gasteiger partial charge in [0.05, 0.1) is 6.54 Å². The van der Waals surface area contributed by atoms with E-state index in [1.165, 1.54) is 0 Å². The zero-order valence-corrected chi connectivity index (χ0v) is 14.5. The summed E-state index contributed by atoms with van der Waals surface area (Å²) < 4.78 is 5.48. The van der Waals surface area contributed by atoms with Crippen molar-refractivity contribution in [1.29, 1.82) is 5.26 Å². The largest absolute Gasteiger partial charge is 0.444 e. The van der Waals surface area contributed by atoms with Gasteiger partial charge in [-0.1, -0.05) is 6.07 Å². The van der Waals surface area contributed by atoms with Gasteiger partial charge in [0.15, 0.2) is 0 Å². The second kappa shape index (κ2) is 7.36. The molecule has 0 atom stereocenters. The lowest BCUT2D eigenvalue weighted by Gasteiger charge is -2.34. The monoisotopic (exact) mass is 339 g/mol. The summed E-state index contributed by atoms with van der Waals surface area (Å²) in [6, 6.07) is 7.95. The lowest BCUT2D eigenvalue weighted by atomic mass is 10.2. The Morgan fingerprint density at radius 2 is 2.08 bits per heavy atom. The number of anilines is 2. The van der Waals surface area contributed by atoms with Gasteiger partial charge < -0.3 is 9.32 Å². The van der Waals surface area contributed by atoms with Crippen LogP contribution in [0.25, 0.3) is 0 Å². The molecule has 0 unspecified atom stereocenters. The predicted molar refractivity (Wildman–Crippen MR) is 94.4 cm³/mol. The lowest BCUT2D eigenvalue weighted by Crippen LogP contribution is -2.48. The maximum absolute atomic E-state index is 12.3. The van der Waals surface area contributed by atoms with Crippen LogP contribution in [0.1, 0.15) is 16.9 Å². The first-order chi connectivity index (χ1) is 12.1. The van der Waals surface area contributed by atoms with Gasteiger partial charge in [-0.25, -0.2) is 4.98 Å². The highest BCUT2D eigenvalue weighted by Gasteiger charge is 2.21. The molecule has 2 aromatic rings. The van der Waals surface area contributed by atoms with E-state index in [9.17, 15) is 10.1 Å². The minimum absolute atomic E-state index is 0.170. The van der Waals surface area contributed by atoms with Crippen molar-refractivity contribution in [3.05, 3.63) is 41.3 Å². The molecule has 0 bridgehead atoms. The highest BCUT2D eigenvalue weighted by Crippen LogP contribution is 2.25. The first-order valence-corrected chi connectivity index (χ1v) is 8.26. The van der Waals surface area contributed by atoms with Crippen molar-refractivity contribution in [3.8, 4) is 6.07 Å². The maximum atomic E-state index is 12.3. The van der Waals surface area contributed by atoms with E-state index >= 15 is 0 Å². The van der Waals surface area contributed by atoms with Gasteiger partial charge in [-0.15, -0.1) is 0 Å². The summed E-state index contributed by atoms with van der Waals surface area (Å²) in [6.45, 7) is 7.09. The Hall–Kier alpha value is -2.85. The van der Waals surface area contributed by atoms with E-state index in [0.717, 1.165) is 37.6 Å². The van der Waals surface area contributed by atoms with Crippen molar-refractivity contribution in [1.82, 2.24) is 9.88 Å². The molecule has 0 aliphatic carbocycles. The Balaban J connectivity index is 1.53. The quantitative estimate of drug-likeness (QED) is 0.916. The molecule has 1 aliphatic heterocycles. The molecule has 3 heterocycles. The number of amides is 1. The smallest absolute Gasteiger partial charge is 0.240 e. The number of carbonyl (C=O) groups is 1. The molecule has 2 aromatic heterocycles. The van der Waals surface area contributed by atoms with Crippen LogP contribution in [0.4, 0.5) is 11.7 Å². The van der Waals surface area contributed by atoms with Gasteiger partial charge >= 0.3 is 0 Å². The molecular weight excluding hydrogens is 318 g/mol. The van der Waals surface area contributed by atoms with Gasteiger partial charge in [0.1, 0.15) is 23.2 Å². The predicted octanol–water partition coefficient (Wildman–Crippen LogP) is 1.92. The Bertz CT molecular complexity index is 786. The molecule has 0 aromatic carbocycles. The van der Waals surface area contributed by atoms with Gasteiger partial charge in [-0.05, 0) is 26.0 Å². The van der Waals surface area contributed by atoms with E-state index in [0.29, 0.717) is 11.3 Å². The van der Waals surface area contributed by atoms with Crippen LogP contribution in [0, 0.1) is 25.2 Å². The second-order valence-corrected chi connectivity index (χ2v) is 6.10. The summed E-state index contributed by atoms with van der Waals surface area (Å²) in [6.07, 6.45) is 1.79. The second-order valence-electron chi connectivity index (χ2n) is 6.10. The van der Waals surface area contributed by atoms with Crippen LogP contribution in [-0.4, -0.2) is 48.5 Å². The highest BCUT2D eigenvalue weighted by molar-refractivity contribution is 5.92. The molecule has 1 N–H and O–H groups in total. The zero-order valence-electron chi connectivity index (χ0n) is 14.5. The van der Waals surface area contributed by atoms with E-state index in [-0.39, 0.29) is 18.3 Å². The molecule has 1 fully saturated rings. The number of nitriles is 1. The van der Waals surface area contributed by atoms with Gasteiger partial charge in [0.25, 0.3) is 0 Å². The molecular formula is C18H21N5O2. The SMILES string of the molecule is Cc1oc(NC(=O)CN2CCN(c3ccccn3)CC2)c(C#N)c1C. The van der Waals surface area contributed by atoms with Crippen molar-refractivity contribution < 1.29 is 9.21 Å². The number of aromatic nitrogens is 1. The number of rotatable bonds is 4. The average molecular weight is 339 g/mol. The summed E-state index contributed by atoms with van der Waals surface area (Å²) in [5.41, 5.74) is 1.16. The number of carbonyl (C=O) groups excluding carboxylic acids is 1. The van der Waals surface area contributed by atoms with E-state index < -0.39 is 0 Å². The number of furan rings is 1. The molecule has 0 radical (unpaired) electrons. The van der Waals surface area contributed by atoms with Crippen molar-refractivity contribution in [2.45, 2.75) is 13.8 Å². The number of piperazine rings is 1. The molecule has 130 valence electrons. The van der Waals surface area contributed by atoms with Crippen molar-refractivity contribution in [2.24, 2.45) is 0 Å². The van der Waals surface area contributed by atoms with Crippen LogP contribution in [0.3, 0.4) is 0 Å². The van der Waals surface area contributed by atoms with Crippen LogP contribution in [-0.2, 0) is 4.79 Å². The summed E-state index contributed by atoms with van der Waals surface area (Å²) >= 11 is 0. The van der Waals surface area contributed by atoms with Crippen LogP contribution >= 0.6 is 0 Å². The Kier molecular flexibility index (Phi) is 5.00. The zero-order chi connectivity index (χ0) is 17.8. The van der Waals surface area contributed by atoms with Gasteiger partial charge in [-0.2, -0.15) is 5.26 Å². The first kappa shape index (κ1) is 17.0. The number of pyridine rings is 1.